The van der Waals surface area contributed by atoms with Gasteiger partial charge < -0.3 is 4.90 Å². The van der Waals surface area contributed by atoms with Crippen molar-refractivity contribution in [2.24, 2.45) is 0 Å². The van der Waals surface area contributed by atoms with Gasteiger partial charge in [-0.2, -0.15) is 0 Å². The fourth-order valence-electron chi connectivity index (χ4n) is 13.4. The minimum absolute atomic E-state index is 0.120. The zero-order valence-electron chi connectivity index (χ0n) is 38.8. The van der Waals surface area contributed by atoms with Gasteiger partial charge in [0.25, 0.3) is 0 Å². The molecule has 0 aromatic heterocycles. The number of hydrogen-bond donors (Lipinski definition) is 0. The Morgan fingerprint density at radius 1 is 0.279 bits per heavy atom. The van der Waals surface area contributed by atoms with Crippen molar-refractivity contribution in [3.8, 4) is 66.8 Å². The summed E-state index contributed by atoms with van der Waals surface area (Å²) in [7, 11) is 0. The van der Waals surface area contributed by atoms with E-state index < -0.39 is 5.41 Å². The van der Waals surface area contributed by atoms with Crippen molar-refractivity contribution in [1.29, 1.82) is 0 Å². The fourth-order valence-corrected chi connectivity index (χ4v) is 13.4. The largest absolute Gasteiger partial charge is 0.310 e. The van der Waals surface area contributed by atoms with Crippen molar-refractivity contribution in [3.63, 3.8) is 0 Å². The van der Waals surface area contributed by atoms with Crippen LogP contribution in [0.25, 0.3) is 66.8 Å². The molecule has 1 heteroatoms. The summed E-state index contributed by atoms with van der Waals surface area (Å²) in [5.74, 6) is 0. The second-order valence-electron chi connectivity index (χ2n) is 20.3. The second kappa shape index (κ2) is 14.0. The monoisotopic (exact) mass is 867 g/mol. The maximum atomic E-state index is 2.55. The maximum Gasteiger partial charge on any atom is 0.0726 e. The first kappa shape index (κ1) is 39.2. The number of benzene rings is 10. The molecule has 0 fully saturated rings. The summed E-state index contributed by atoms with van der Waals surface area (Å²) < 4.78 is 0. The van der Waals surface area contributed by atoms with Gasteiger partial charge in [-0.05, 0) is 136 Å². The van der Waals surface area contributed by atoms with E-state index in [-0.39, 0.29) is 10.8 Å². The van der Waals surface area contributed by atoms with E-state index in [9.17, 15) is 0 Å². The van der Waals surface area contributed by atoms with Crippen molar-refractivity contribution in [1.82, 2.24) is 0 Å². The first-order chi connectivity index (χ1) is 33.3. The molecule has 0 N–H and O–H groups in total. The van der Waals surface area contributed by atoms with Gasteiger partial charge in [0, 0.05) is 27.8 Å². The summed E-state index contributed by atoms with van der Waals surface area (Å²) in [5.41, 5.74) is 29.0. The molecule has 1 nitrogen and oxygen atoms in total. The van der Waals surface area contributed by atoms with Crippen LogP contribution in [0.2, 0.25) is 0 Å². The van der Waals surface area contributed by atoms with Gasteiger partial charge in [-0.15, -0.1) is 0 Å². The number of hydrogen-bond acceptors (Lipinski definition) is 1. The molecule has 0 unspecified atom stereocenters. The molecule has 4 aliphatic carbocycles. The highest BCUT2D eigenvalue weighted by atomic mass is 15.1. The van der Waals surface area contributed by atoms with Crippen molar-refractivity contribution in [3.05, 3.63) is 269 Å². The first-order valence-corrected chi connectivity index (χ1v) is 24.2. The molecule has 0 saturated carbocycles. The van der Waals surface area contributed by atoms with Crippen LogP contribution < -0.4 is 4.90 Å². The average molecular weight is 868 g/mol. The third-order valence-corrected chi connectivity index (χ3v) is 16.3. The Morgan fingerprint density at radius 2 is 0.721 bits per heavy atom. The van der Waals surface area contributed by atoms with E-state index in [1.54, 1.807) is 0 Å². The van der Waals surface area contributed by atoms with Crippen LogP contribution in [0.1, 0.15) is 72.2 Å². The van der Waals surface area contributed by atoms with Crippen LogP contribution in [0.15, 0.2) is 224 Å². The molecule has 322 valence electrons. The molecule has 0 bridgehead atoms. The van der Waals surface area contributed by atoms with Gasteiger partial charge in [0.05, 0.1) is 11.1 Å². The van der Waals surface area contributed by atoms with Gasteiger partial charge in [-0.1, -0.05) is 222 Å². The Hall–Kier alpha value is -8.00. The number of rotatable bonds is 5. The Morgan fingerprint density at radius 3 is 1.38 bits per heavy atom. The van der Waals surface area contributed by atoms with E-state index in [1.165, 1.54) is 111 Å². The average Bonchev–Trinajstić information content (AvgIpc) is 4.02. The van der Waals surface area contributed by atoms with E-state index in [2.05, 4.69) is 257 Å². The number of nitrogens with zero attached hydrogens (tertiary/aromatic N) is 1. The fraction of sp³-hybridized carbons (Fsp3) is 0.104. The molecular formula is C67H49N. The van der Waals surface area contributed by atoms with E-state index in [0.717, 1.165) is 17.1 Å². The van der Waals surface area contributed by atoms with Crippen molar-refractivity contribution in [2.45, 2.75) is 43.9 Å². The third-order valence-electron chi connectivity index (χ3n) is 16.3. The molecular weight excluding hydrogens is 819 g/mol. The molecule has 0 radical (unpaired) electrons. The Bertz CT molecular complexity index is 3700. The molecule has 0 saturated heterocycles. The number of para-hydroxylation sites is 1. The molecule has 1 spiro atoms. The normalized spacial score (nSPS) is 15.1. The summed E-state index contributed by atoms with van der Waals surface area (Å²) in [6.07, 6.45) is 0. The lowest BCUT2D eigenvalue weighted by atomic mass is 9.70. The summed E-state index contributed by atoms with van der Waals surface area (Å²) >= 11 is 0. The highest BCUT2D eigenvalue weighted by Gasteiger charge is 2.52. The molecule has 0 heterocycles. The van der Waals surface area contributed by atoms with Crippen molar-refractivity contribution < 1.29 is 0 Å². The summed E-state index contributed by atoms with van der Waals surface area (Å²) in [6, 6.07) is 85.0. The van der Waals surface area contributed by atoms with Crippen LogP contribution in [-0.4, -0.2) is 0 Å². The lowest BCUT2D eigenvalue weighted by molar-refractivity contribution is 0.660. The summed E-state index contributed by atoms with van der Waals surface area (Å²) in [4.78, 5) is 2.55. The minimum Gasteiger partial charge on any atom is -0.310 e. The number of fused-ring (bicyclic) bond motifs is 16. The van der Waals surface area contributed by atoms with Gasteiger partial charge in [0.1, 0.15) is 0 Å². The van der Waals surface area contributed by atoms with Gasteiger partial charge >= 0.3 is 0 Å². The standard InChI is InChI=1S/C67H49N/c1-65(2)56-32-12-9-27-54(56)63-52(29-19-36-60(63)65)51-26-10-16-37-62(51)68(43-21-17-20-42(40-43)45-28-18-30-53-49-25-5-11-31-55(49)66(3,4)64(45)53)44-38-39-50-48-24-8-15-35-59(48)67(61(50)41-44)57-33-13-6-22-46(57)47-23-7-14-34-58(47)67/h5-41H,1-4H3. The topological polar surface area (TPSA) is 3.24 Å². The van der Waals surface area contributed by atoms with Crippen LogP contribution in [0.3, 0.4) is 0 Å². The molecule has 4 aliphatic rings. The third kappa shape index (κ3) is 5.06. The van der Waals surface area contributed by atoms with Gasteiger partial charge in [0.2, 0.25) is 0 Å². The lowest BCUT2D eigenvalue weighted by Gasteiger charge is -2.33. The van der Waals surface area contributed by atoms with Gasteiger partial charge in [-0.25, -0.2) is 0 Å². The predicted molar refractivity (Wildman–Crippen MR) is 283 cm³/mol. The quantitative estimate of drug-likeness (QED) is 0.167. The highest BCUT2D eigenvalue weighted by molar-refractivity contribution is 6.01. The molecule has 0 atom stereocenters. The zero-order valence-corrected chi connectivity index (χ0v) is 38.8. The van der Waals surface area contributed by atoms with Crippen molar-refractivity contribution >= 4 is 17.1 Å². The van der Waals surface area contributed by atoms with Gasteiger partial charge in [0.15, 0.2) is 0 Å². The van der Waals surface area contributed by atoms with Crippen LogP contribution >= 0.6 is 0 Å². The molecule has 10 aromatic rings. The number of anilines is 3. The van der Waals surface area contributed by atoms with E-state index in [0.29, 0.717) is 0 Å². The van der Waals surface area contributed by atoms with Crippen LogP contribution in [0.5, 0.6) is 0 Å². The molecule has 0 amide bonds. The Balaban J connectivity index is 1.04. The molecule has 10 aromatic carbocycles. The zero-order chi connectivity index (χ0) is 45.5. The first-order valence-electron chi connectivity index (χ1n) is 24.2. The smallest absolute Gasteiger partial charge is 0.0726 e. The molecule has 14 rings (SSSR count). The Kier molecular flexibility index (Phi) is 8.08. The summed E-state index contributed by atoms with van der Waals surface area (Å²) in [5, 5.41) is 0. The van der Waals surface area contributed by atoms with E-state index in [4.69, 9.17) is 0 Å². The lowest BCUT2D eigenvalue weighted by Crippen LogP contribution is -2.26. The van der Waals surface area contributed by atoms with E-state index in [1.807, 2.05) is 0 Å². The predicted octanol–water partition coefficient (Wildman–Crippen LogP) is 17.4. The summed E-state index contributed by atoms with van der Waals surface area (Å²) in [6.45, 7) is 9.54. The van der Waals surface area contributed by atoms with Crippen LogP contribution in [0, 0.1) is 0 Å². The SMILES string of the molecule is CC1(C)c2ccccc2-c2c(-c3ccccc3N(c3cccc(-c4cccc5c4C(C)(C)c4ccccc4-5)c3)c3ccc4c(c3)C3(c5ccccc5-c5ccccc53)c3ccccc3-4)cccc21. The second-order valence-corrected chi connectivity index (χ2v) is 20.3. The Labute approximate surface area is 399 Å². The molecule has 68 heavy (non-hydrogen) atoms. The highest BCUT2D eigenvalue weighted by Crippen LogP contribution is 2.64. The van der Waals surface area contributed by atoms with E-state index >= 15 is 0 Å². The minimum atomic E-state index is -0.469. The van der Waals surface area contributed by atoms with Crippen molar-refractivity contribution in [2.75, 3.05) is 4.90 Å². The maximum absolute atomic E-state index is 2.55. The van der Waals surface area contributed by atoms with Crippen LogP contribution in [-0.2, 0) is 16.2 Å². The molecule has 0 aliphatic heterocycles. The van der Waals surface area contributed by atoms with Crippen LogP contribution in [0.4, 0.5) is 17.1 Å². The van der Waals surface area contributed by atoms with Gasteiger partial charge in [-0.3, -0.25) is 0 Å².